The number of primary amides is 1. The van der Waals surface area contributed by atoms with Crippen molar-refractivity contribution >= 4 is 6.09 Å². The molecule has 30 heavy (non-hydrogen) atoms. The summed E-state index contributed by atoms with van der Waals surface area (Å²) in [7, 11) is 0. The Labute approximate surface area is 178 Å². The van der Waals surface area contributed by atoms with Gasteiger partial charge < -0.3 is 15.2 Å². The first-order chi connectivity index (χ1) is 14.5. The highest BCUT2D eigenvalue weighted by Crippen LogP contribution is 2.40. The van der Waals surface area contributed by atoms with E-state index in [0.717, 1.165) is 22.3 Å². The lowest BCUT2D eigenvalue weighted by atomic mass is 9.80. The van der Waals surface area contributed by atoms with Crippen LogP contribution in [-0.2, 0) is 15.1 Å². The number of amides is 1. The molecule has 0 aliphatic rings. The average Bonchev–Trinajstić information content (AvgIpc) is 2.76. The molecule has 0 radical (unpaired) electrons. The first-order valence-corrected chi connectivity index (χ1v) is 9.96. The molecule has 0 heterocycles. The minimum atomic E-state index is -0.792. The van der Waals surface area contributed by atoms with E-state index in [9.17, 15) is 4.79 Å². The Morgan fingerprint density at radius 2 is 1.27 bits per heavy atom. The lowest BCUT2D eigenvalue weighted by molar-refractivity contribution is 0.0272. The van der Waals surface area contributed by atoms with E-state index in [4.69, 9.17) is 15.2 Å². The molecule has 3 aromatic rings. The minimum Gasteiger partial charge on any atom is -0.442 e. The summed E-state index contributed by atoms with van der Waals surface area (Å²) in [5, 5.41) is 0. The molecule has 0 spiro atoms. The van der Waals surface area contributed by atoms with Gasteiger partial charge >= 0.3 is 6.09 Å². The maximum Gasteiger partial charge on any atom is 0.405 e. The lowest BCUT2D eigenvalue weighted by Crippen LogP contribution is -2.33. The van der Waals surface area contributed by atoms with Crippen molar-refractivity contribution in [1.82, 2.24) is 0 Å². The number of hydrogen-bond acceptors (Lipinski definition) is 3. The molecule has 4 nitrogen and oxygen atoms in total. The Kier molecular flexibility index (Phi) is 7.04. The summed E-state index contributed by atoms with van der Waals surface area (Å²) in [4.78, 5) is 11.0. The van der Waals surface area contributed by atoms with E-state index < -0.39 is 17.8 Å². The molecule has 154 valence electrons. The van der Waals surface area contributed by atoms with Crippen molar-refractivity contribution in [2.45, 2.75) is 25.6 Å². The largest absolute Gasteiger partial charge is 0.442 e. The van der Waals surface area contributed by atoms with Gasteiger partial charge in [-0.3, -0.25) is 0 Å². The standard InChI is InChI=1S/C26H27NO3/c1-20(18-21(2)30-25(27)28)19-29-26(22-12-6-3-7-13-22,23-14-8-4-9-15-23)24-16-10-5-11-17-24/h3-18,21H,19H2,1-2H3,(H2,27,28)/b20-18+/t21-/m1/s1. The molecule has 0 fully saturated rings. The quantitative estimate of drug-likeness (QED) is 0.405. The van der Waals surface area contributed by atoms with Crippen LogP contribution in [0.4, 0.5) is 4.79 Å². The van der Waals surface area contributed by atoms with Gasteiger partial charge in [0.25, 0.3) is 0 Å². The Morgan fingerprint density at radius 1 is 0.867 bits per heavy atom. The van der Waals surface area contributed by atoms with E-state index in [1.54, 1.807) is 6.92 Å². The molecule has 0 aliphatic carbocycles. The Hall–Kier alpha value is -3.37. The second kappa shape index (κ2) is 9.90. The van der Waals surface area contributed by atoms with Crippen molar-refractivity contribution in [3.8, 4) is 0 Å². The predicted octanol–water partition coefficient (Wildman–Crippen LogP) is 5.43. The van der Waals surface area contributed by atoms with Gasteiger partial charge in [0.1, 0.15) is 11.7 Å². The fourth-order valence-corrected chi connectivity index (χ4v) is 3.66. The van der Waals surface area contributed by atoms with Crippen LogP contribution in [0.1, 0.15) is 30.5 Å². The monoisotopic (exact) mass is 401 g/mol. The summed E-state index contributed by atoms with van der Waals surface area (Å²) in [5.74, 6) is 0. The Bertz CT molecular complexity index is 872. The zero-order chi connectivity index (χ0) is 21.4. The lowest BCUT2D eigenvalue weighted by Gasteiger charge is -2.36. The second-order valence-electron chi connectivity index (χ2n) is 7.22. The van der Waals surface area contributed by atoms with E-state index in [1.165, 1.54) is 0 Å². The van der Waals surface area contributed by atoms with E-state index >= 15 is 0 Å². The van der Waals surface area contributed by atoms with Gasteiger partial charge in [-0.1, -0.05) is 91.0 Å². The fraction of sp³-hybridized carbons (Fsp3) is 0.192. The van der Waals surface area contributed by atoms with Gasteiger partial charge in [0.15, 0.2) is 0 Å². The smallest absolute Gasteiger partial charge is 0.405 e. The van der Waals surface area contributed by atoms with Crippen molar-refractivity contribution in [2.24, 2.45) is 5.73 Å². The van der Waals surface area contributed by atoms with Gasteiger partial charge in [0.05, 0.1) is 6.61 Å². The molecule has 1 amide bonds. The summed E-state index contributed by atoms with van der Waals surface area (Å²) >= 11 is 0. The summed E-state index contributed by atoms with van der Waals surface area (Å²) in [6.45, 7) is 4.07. The summed E-state index contributed by atoms with van der Waals surface area (Å²) in [6.07, 6.45) is 0.626. The summed E-state index contributed by atoms with van der Waals surface area (Å²) < 4.78 is 11.7. The second-order valence-corrected chi connectivity index (χ2v) is 7.22. The zero-order valence-corrected chi connectivity index (χ0v) is 17.3. The first-order valence-electron chi connectivity index (χ1n) is 9.96. The first kappa shape index (κ1) is 21.3. The molecular weight excluding hydrogens is 374 g/mol. The summed E-state index contributed by atoms with van der Waals surface area (Å²) in [5.41, 5.74) is 8.39. The van der Waals surface area contributed by atoms with Gasteiger partial charge in [-0.2, -0.15) is 0 Å². The maximum atomic E-state index is 11.0. The van der Waals surface area contributed by atoms with Crippen molar-refractivity contribution in [3.63, 3.8) is 0 Å². The maximum absolute atomic E-state index is 11.0. The van der Waals surface area contributed by atoms with Crippen LogP contribution in [0.2, 0.25) is 0 Å². The number of carbonyl (C=O) groups excluding carboxylic acids is 1. The molecule has 0 unspecified atom stereocenters. The number of ether oxygens (including phenoxy) is 2. The number of nitrogens with two attached hydrogens (primary N) is 1. The minimum absolute atomic E-state index is 0.352. The molecule has 0 aromatic heterocycles. The van der Waals surface area contributed by atoms with Crippen molar-refractivity contribution in [3.05, 3.63) is 119 Å². The third-order valence-electron chi connectivity index (χ3n) is 4.88. The van der Waals surface area contributed by atoms with Gasteiger partial charge in [-0.05, 0) is 42.2 Å². The third kappa shape index (κ3) is 4.97. The molecule has 4 heteroatoms. The number of benzene rings is 3. The Morgan fingerprint density at radius 3 is 1.63 bits per heavy atom. The molecule has 0 bridgehead atoms. The van der Waals surface area contributed by atoms with Crippen LogP contribution in [0.15, 0.2) is 103 Å². The average molecular weight is 402 g/mol. The normalized spacial score (nSPS) is 12.9. The van der Waals surface area contributed by atoms with Crippen LogP contribution < -0.4 is 5.73 Å². The topological polar surface area (TPSA) is 61.5 Å². The molecule has 1 atom stereocenters. The van der Waals surface area contributed by atoms with Gasteiger partial charge in [0, 0.05) is 0 Å². The van der Waals surface area contributed by atoms with Gasteiger partial charge in [0.2, 0.25) is 0 Å². The van der Waals surface area contributed by atoms with Crippen LogP contribution in [0, 0.1) is 0 Å². The van der Waals surface area contributed by atoms with Crippen LogP contribution in [0.3, 0.4) is 0 Å². The molecule has 3 rings (SSSR count). The molecule has 0 aliphatic heterocycles. The SMILES string of the molecule is C/C(=C\[C@@H](C)OC(N)=O)COC(c1ccccc1)(c1ccccc1)c1ccccc1. The zero-order valence-electron chi connectivity index (χ0n) is 17.3. The molecule has 0 saturated heterocycles. The number of rotatable bonds is 8. The van der Waals surface area contributed by atoms with Gasteiger partial charge in [-0.15, -0.1) is 0 Å². The van der Waals surface area contributed by atoms with Crippen molar-refractivity contribution in [2.75, 3.05) is 6.61 Å². The highest BCUT2D eigenvalue weighted by Gasteiger charge is 2.37. The van der Waals surface area contributed by atoms with Crippen LogP contribution in [0.25, 0.3) is 0 Å². The van der Waals surface area contributed by atoms with E-state index in [-0.39, 0.29) is 0 Å². The van der Waals surface area contributed by atoms with Gasteiger partial charge in [-0.25, -0.2) is 4.79 Å². The van der Waals surface area contributed by atoms with Crippen LogP contribution in [0.5, 0.6) is 0 Å². The fourth-order valence-electron chi connectivity index (χ4n) is 3.66. The third-order valence-corrected chi connectivity index (χ3v) is 4.88. The molecule has 0 saturated carbocycles. The van der Waals surface area contributed by atoms with Crippen molar-refractivity contribution < 1.29 is 14.3 Å². The number of carbonyl (C=O) groups is 1. The van der Waals surface area contributed by atoms with E-state index in [1.807, 2.05) is 67.6 Å². The predicted molar refractivity (Wildman–Crippen MR) is 119 cm³/mol. The Balaban J connectivity index is 2.05. The molecular formula is C26H27NO3. The van der Waals surface area contributed by atoms with Crippen molar-refractivity contribution in [1.29, 1.82) is 0 Å². The van der Waals surface area contributed by atoms with Crippen LogP contribution in [-0.4, -0.2) is 18.8 Å². The number of hydrogen-bond donors (Lipinski definition) is 1. The van der Waals surface area contributed by atoms with E-state index in [0.29, 0.717) is 6.61 Å². The highest BCUT2D eigenvalue weighted by molar-refractivity contribution is 5.65. The molecule has 3 aromatic carbocycles. The highest BCUT2D eigenvalue weighted by atomic mass is 16.6. The van der Waals surface area contributed by atoms with Crippen LogP contribution >= 0.6 is 0 Å². The summed E-state index contributed by atoms with van der Waals surface area (Å²) in [6, 6.07) is 30.6. The van der Waals surface area contributed by atoms with E-state index in [2.05, 4.69) is 36.4 Å². The molecule has 2 N–H and O–H groups in total.